The molecule has 0 radical (unpaired) electrons. The molecule has 1 aliphatic heterocycles. The Morgan fingerprint density at radius 2 is 1.94 bits per heavy atom. The molecule has 4 atom stereocenters. The van der Waals surface area contributed by atoms with Crippen molar-refractivity contribution in [3.8, 4) is 5.75 Å². The molecule has 14 nitrogen and oxygen atoms in total. The summed E-state index contributed by atoms with van der Waals surface area (Å²) in [6.07, 6.45) is -2.45. The number of benzene rings is 1. The lowest BCUT2D eigenvalue weighted by molar-refractivity contribution is -0.0384. The number of aliphatic hydroxyl groups excluding tert-OH is 2. The minimum Gasteiger partial charge on any atom is -0.508 e. The molecule has 4 aromatic rings. The third kappa shape index (κ3) is 3.98. The van der Waals surface area contributed by atoms with Gasteiger partial charge in [-0.05, 0) is 36.3 Å². The van der Waals surface area contributed by atoms with Crippen molar-refractivity contribution in [3.05, 3.63) is 42.0 Å². The number of nitrogen functional groups attached to an aromatic ring is 1. The van der Waals surface area contributed by atoms with E-state index in [-0.39, 0.29) is 23.3 Å². The highest BCUT2D eigenvalue weighted by Crippen LogP contribution is 2.38. The molecule has 1 fully saturated rings. The number of fused-ring (bicyclic) bond motifs is 1. The first-order valence-corrected chi connectivity index (χ1v) is 10.8. The number of aromatic nitrogens is 8. The molecular weight excluding hydrogens is 444 g/mol. The number of ether oxygens (including phenoxy) is 1. The molecule has 1 aromatic carbocycles. The minimum atomic E-state index is -1.29. The second kappa shape index (κ2) is 8.81. The largest absolute Gasteiger partial charge is 0.508 e. The molecule has 5 rings (SSSR count). The number of imidazole rings is 1. The van der Waals surface area contributed by atoms with Crippen molar-refractivity contribution in [3.63, 3.8) is 0 Å². The topological polar surface area (TPSA) is 195 Å². The van der Waals surface area contributed by atoms with E-state index in [4.69, 9.17) is 10.5 Å². The molecule has 0 unspecified atom stereocenters. The van der Waals surface area contributed by atoms with Gasteiger partial charge >= 0.3 is 0 Å². The number of aryl methyl sites for hydroxylation is 1. The highest BCUT2D eigenvalue weighted by Gasteiger charge is 2.47. The maximum absolute atomic E-state index is 10.7. The van der Waals surface area contributed by atoms with E-state index in [1.807, 2.05) is 19.1 Å². The first-order chi connectivity index (χ1) is 16.4. The lowest BCUT2D eigenvalue weighted by atomic mass is 10.1. The van der Waals surface area contributed by atoms with Gasteiger partial charge < -0.3 is 31.1 Å². The number of hydrogen-bond acceptors (Lipinski definition) is 12. The Bertz CT molecular complexity index is 1290. The molecule has 1 saturated heterocycles. The fourth-order valence-corrected chi connectivity index (χ4v) is 3.79. The molecule has 6 N–H and O–H groups in total. The average Bonchev–Trinajstić information content (AvgIpc) is 3.54. The van der Waals surface area contributed by atoms with Gasteiger partial charge in [0, 0.05) is 6.54 Å². The number of aromatic hydroxyl groups is 1. The number of rotatable bonds is 7. The number of hydrogen-bond donors (Lipinski definition) is 5. The summed E-state index contributed by atoms with van der Waals surface area (Å²) in [6, 6.07) is 6.92. The van der Waals surface area contributed by atoms with Crippen LogP contribution in [0.15, 0.2) is 30.6 Å². The summed E-state index contributed by atoms with van der Waals surface area (Å²) in [6.45, 7) is 2.88. The highest BCUT2D eigenvalue weighted by molar-refractivity contribution is 5.83. The maximum atomic E-state index is 10.7. The van der Waals surface area contributed by atoms with Crippen molar-refractivity contribution < 1.29 is 20.1 Å². The summed E-state index contributed by atoms with van der Waals surface area (Å²) in [7, 11) is 0. The Balaban J connectivity index is 1.37. The van der Waals surface area contributed by atoms with Crippen LogP contribution in [0.5, 0.6) is 5.75 Å². The van der Waals surface area contributed by atoms with Crippen molar-refractivity contribution in [2.24, 2.45) is 0 Å². The van der Waals surface area contributed by atoms with Crippen molar-refractivity contribution in [1.29, 1.82) is 0 Å². The SMILES string of the molecule is CCn1nnc([C@H]2O[C@@H](n3cnc4c(N)nc(NCCc5ccc(O)cc5)nc43)[C@H](O)[C@@H]2O)n1. The fraction of sp³-hybridized carbons (Fsp3) is 0.400. The number of aliphatic hydroxyl groups is 2. The van der Waals surface area contributed by atoms with Gasteiger partial charge in [-0.25, -0.2) is 4.98 Å². The van der Waals surface area contributed by atoms with E-state index in [0.29, 0.717) is 30.7 Å². The number of nitrogens with zero attached hydrogens (tertiary/aromatic N) is 8. The van der Waals surface area contributed by atoms with E-state index in [2.05, 4.69) is 35.7 Å². The van der Waals surface area contributed by atoms with Crippen LogP contribution in [0.4, 0.5) is 11.8 Å². The molecule has 3 aromatic heterocycles. The highest BCUT2D eigenvalue weighted by atomic mass is 16.6. The molecule has 0 amide bonds. The van der Waals surface area contributed by atoms with Gasteiger partial charge in [-0.3, -0.25) is 4.57 Å². The summed E-state index contributed by atoms with van der Waals surface area (Å²) in [5, 5.41) is 45.8. The van der Waals surface area contributed by atoms with Crippen LogP contribution in [0.2, 0.25) is 0 Å². The Morgan fingerprint density at radius 1 is 1.15 bits per heavy atom. The molecule has 14 heteroatoms. The van der Waals surface area contributed by atoms with E-state index < -0.39 is 24.5 Å². The van der Waals surface area contributed by atoms with Gasteiger partial charge in [0.25, 0.3) is 0 Å². The van der Waals surface area contributed by atoms with E-state index in [1.165, 1.54) is 15.7 Å². The fourth-order valence-electron chi connectivity index (χ4n) is 3.79. The van der Waals surface area contributed by atoms with Crippen LogP contribution in [-0.2, 0) is 17.7 Å². The minimum absolute atomic E-state index is 0.160. The molecule has 4 heterocycles. The molecule has 34 heavy (non-hydrogen) atoms. The summed E-state index contributed by atoms with van der Waals surface area (Å²) < 4.78 is 7.41. The number of nitrogens with one attached hydrogen (secondary N) is 1. The van der Waals surface area contributed by atoms with E-state index in [0.717, 1.165) is 5.56 Å². The summed E-state index contributed by atoms with van der Waals surface area (Å²) >= 11 is 0. The molecule has 0 spiro atoms. The van der Waals surface area contributed by atoms with Crippen LogP contribution in [0.3, 0.4) is 0 Å². The van der Waals surface area contributed by atoms with Crippen molar-refractivity contribution in [1.82, 2.24) is 39.7 Å². The summed E-state index contributed by atoms with van der Waals surface area (Å²) in [5.74, 6) is 0.822. The lowest BCUT2D eigenvalue weighted by Crippen LogP contribution is -2.29. The van der Waals surface area contributed by atoms with Crippen molar-refractivity contribution >= 4 is 22.9 Å². The second-order valence-corrected chi connectivity index (χ2v) is 7.86. The van der Waals surface area contributed by atoms with Crippen LogP contribution in [-0.4, -0.2) is 73.8 Å². The van der Waals surface area contributed by atoms with Gasteiger partial charge in [0.2, 0.25) is 11.8 Å². The summed E-state index contributed by atoms with van der Waals surface area (Å²) in [4.78, 5) is 14.4. The lowest BCUT2D eigenvalue weighted by Gasteiger charge is -2.16. The van der Waals surface area contributed by atoms with Gasteiger partial charge in [0.05, 0.1) is 12.9 Å². The second-order valence-electron chi connectivity index (χ2n) is 7.86. The number of tetrazole rings is 1. The van der Waals surface area contributed by atoms with Crippen LogP contribution < -0.4 is 11.1 Å². The predicted octanol–water partition coefficient (Wildman–Crippen LogP) is -0.233. The zero-order valence-corrected chi connectivity index (χ0v) is 18.2. The van der Waals surface area contributed by atoms with Crippen LogP contribution >= 0.6 is 0 Å². The third-order valence-electron chi connectivity index (χ3n) is 5.60. The average molecular weight is 468 g/mol. The van der Waals surface area contributed by atoms with Crippen molar-refractivity contribution in [2.75, 3.05) is 17.6 Å². The Hall–Kier alpha value is -3.88. The normalized spacial score (nSPS) is 22.4. The first kappa shape index (κ1) is 21.9. The maximum Gasteiger partial charge on any atom is 0.226 e. The van der Waals surface area contributed by atoms with Gasteiger partial charge in [-0.2, -0.15) is 14.8 Å². The van der Waals surface area contributed by atoms with Gasteiger partial charge in [0.15, 0.2) is 23.8 Å². The third-order valence-corrected chi connectivity index (χ3v) is 5.60. The first-order valence-electron chi connectivity index (χ1n) is 10.8. The van der Waals surface area contributed by atoms with Crippen LogP contribution in [0.25, 0.3) is 11.2 Å². The van der Waals surface area contributed by atoms with Gasteiger partial charge in [0.1, 0.15) is 23.5 Å². The number of anilines is 2. The van der Waals surface area contributed by atoms with E-state index in [1.54, 1.807) is 12.1 Å². The summed E-state index contributed by atoms with van der Waals surface area (Å²) in [5.41, 5.74) is 7.79. The standard InChI is InChI=1S/C20H24N10O4/c1-2-30-27-17(26-28-30)15-13(32)14(33)19(34-15)29-9-23-12-16(21)24-20(25-18(12)29)22-8-7-10-3-5-11(31)6-4-10/h3-6,9,13-15,19,31-33H,2,7-8H2,1H3,(H3,21,22,24,25)/t13-,14+,15-,19+/m0/s1. The zero-order valence-electron chi connectivity index (χ0n) is 18.2. The Labute approximate surface area is 193 Å². The quantitative estimate of drug-likeness (QED) is 0.239. The molecule has 1 aliphatic rings. The van der Waals surface area contributed by atoms with Crippen molar-refractivity contribution in [2.45, 2.75) is 44.4 Å². The molecular formula is C20H24N10O4. The smallest absolute Gasteiger partial charge is 0.226 e. The zero-order chi connectivity index (χ0) is 23.8. The molecule has 0 saturated carbocycles. The van der Waals surface area contributed by atoms with Gasteiger partial charge in [-0.15, -0.1) is 10.2 Å². The number of nitrogens with two attached hydrogens (primary N) is 1. The molecule has 0 aliphatic carbocycles. The monoisotopic (exact) mass is 468 g/mol. The van der Waals surface area contributed by atoms with Crippen LogP contribution in [0.1, 0.15) is 30.6 Å². The van der Waals surface area contributed by atoms with Crippen LogP contribution in [0, 0.1) is 0 Å². The number of phenols is 1. The predicted molar refractivity (Wildman–Crippen MR) is 118 cm³/mol. The Morgan fingerprint density at radius 3 is 2.68 bits per heavy atom. The molecule has 0 bridgehead atoms. The molecule has 178 valence electrons. The Kier molecular flexibility index (Phi) is 5.69. The van der Waals surface area contributed by atoms with E-state index >= 15 is 0 Å². The van der Waals surface area contributed by atoms with Gasteiger partial charge in [-0.1, -0.05) is 12.1 Å². The van der Waals surface area contributed by atoms with E-state index in [9.17, 15) is 15.3 Å². The number of phenolic OH excluding ortho intramolecular Hbond substituents is 1.